The molecule has 0 aliphatic rings. The predicted octanol–water partition coefficient (Wildman–Crippen LogP) is 3.21. The van der Waals surface area contributed by atoms with Gasteiger partial charge in [0.25, 0.3) is 0 Å². The average Bonchev–Trinajstić information content (AvgIpc) is 2.88. The highest BCUT2D eigenvalue weighted by atomic mass is 79.9. The molecule has 2 aromatic rings. The number of nitrogens with zero attached hydrogens (tertiary/aromatic N) is 3. The summed E-state index contributed by atoms with van der Waals surface area (Å²) in [4.78, 5) is 2.01. The SMILES string of the molecule is CCn1cc(Br)c(CN(C)C(=S)NCCc2ccccc2)n1. The second-order valence-electron chi connectivity index (χ2n) is 5.10. The Kier molecular flexibility index (Phi) is 6.39. The van der Waals surface area contributed by atoms with Crippen LogP contribution in [0.25, 0.3) is 0 Å². The van der Waals surface area contributed by atoms with Gasteiger partial charge in [-0.2, -0.15) is 5.10 Å². The fraction of sp³-hybridized carbons (Fsp3) is 0.375. The van der Waals surface area contributed by atoms with E-state index in [9.17, 15) is 0 Å². The van der Waals surface area contributed by atoms with E-state index in [1.807, 2.05) is 28.9 Å². The first-order valence-electron chi connectivity index (χ1n) is 7.35. The van der Waals surface area contributed by atoms with Crippen LogP contribution >= 0.6 is 28.1 Å². The summed E-state index contributed by atoms with van der Waals surface area (Å²) in [5.74, 6) is 0. The van der Waals surface area contributed by atoms with Crippen molar-refractivity contribution in [1.82, 2.24) is 20.0 Å². The minimum absolute atomic E-state index is 0.685. The van der Waals surface area contributed by atoms with Crippen LogP contribution in [0.4, 0.5) is 0 Å². The Morgan fingerprint density at radius 2 is 2.09 bits per heavy atom. The van der Waals surface area contributed by atoms with Crippen molar-refractivity contribution in [3.05, 3.63) is 52.3 Å². The van der Waals surface area contributed by atoms with Gasteiger partial charge in [0.2, 0.25) is 0 Å². The molecule has 1 N–H and O–H groups in total. The molecular formula is C16H21BrN4S. The first kappa shape index (κ1) is 17.0. The van der Waals surface area contributed by atoms with E-state index in [-0.39, 0.29) is 0 Å². The summed E-state index contributed by atoms with van der Waals surface area (Å²) in [6, 6.07) is 10.4. The first-order valence-corrected chi connectivity index (χ1v) is 8.55. The van der Waals surface area contributed by atoms with Crippen molar-refractivity contribution in [2.45, 2.75) is 26.4 Å². The van der Waals surface area contributed by atoms with E-state index in [4.69, 9.17) is 12.2 Å². The third-order valence-corrected chi connectivity index (χ3v) is 4.50. The van der Waals surface area contributed by atoms with E-state index in [1.165, 1.54) is 5.56 Å². The third-order valence-electron chi connectivity index (χ3n) is 3.38. The third kappa shape index (κ3) is 4.81. The molecule has 1 aromatic heterocycles. The minimum Gasteiger partial charge on any atom is -0.362 e. The zero-order chi connectivity index (χ0) is 15.9. The number of nitrogens with one attached hydrogen (secondary N) is 1. The summed E-state index contributed by atoms with van der Waals surface area (Å²) >= 11 is 8.98. The zero-order valence-electron chi connectivity index (χ0n) is 12.9. The molecule has 0 bridgehead atoms. The van der Waals surface area contributed by atoms with E-state index in [1.54, 1.807) is 0 Å². The normalized spacial score (nSPS) is 10.5. The van der Waals surface area contributed by atoms with Crippen molar-refractivity contribution in [1.29, 1.82) is 0 Å². The Morgan fingerprint density at radius 3 is 2.73 bits per heavy atom. The molecule has 0 spiro atoms. The maximum atomic E-state index is 5.43. The van der Waals surface area contributed by atoms with Gasteiger partial charge in [-0.1, -0.05) is 30.3 Å². The van der Waals surface area contributed by atoms with Gasteiger partial charge in [0, 0.05) is 26.3 Å². The molecule has 4 nitrogen and oxygen atoms in total. The van der Waals surface area contributed by atoms with Crippen LogP contribution in [0.1, 0.15) is 18.2 Å². The van der Waals surface area contributed by atoms with E-state index < -0.39 is 0 Å². The van der Waals surface area contributed by atoms with Crippen LogP contribution < -0.4 is 5.32 Å². The van der Waals surface area contributed by atoms with Gasteiger partial charge in [-0.15, -0.1) is 0 Å². The van der Waals surface area contributed by atoms with E-state index >= 15 is 0 Å². The number of hydrogen-bond donors (Lipinski definition) is 1. The molecule has 22 heavy (non-hydrogen) atoms. The van der Waals surface area contributed by atoms with Crippen LogP contribution in [-0.2, 0) is 19.5 Å². The highest BCUT2D eigenvalue weighted by Crippen LogP contribution is 2.16. The monoisotopic (exact) mass is 380 g/mol. The number of halogens is 1. The Bertz CT molecular complexity index is 612. The summed E-state index contributed by atoms with van der Waals surface area (Å²) in [6.07, 6.45) is 2.96. The van der Waals surface area contributed by atoms with E-state index in [0.29, 0.717) is 6.54 Å². The summed E-state index contributed by atoms with van der Waals surface area (Å²) in [7, 11) is 1.98. The van der Waals surface area contributed by atoms with Crippen LogP contribution in [0, 0.1) is 0 Å². The molecule has 0 saturated carbocycles. The summed E-state index contributed by atoms with van der Waals surface area (Å²) in [6.45, 7) is 4.45. The van der Waals surface area contributed by atoms with Crippen LogP contribution in [0.15, 0.2) is 41.0 Å². The van der Waals surface area contributed by atoms with Crippen molar-refractivity contribution < 1.29 is 0 Å². The standard InChI is InChI=1S/C16H21BrN4S/c1-3-21-11-14(17)15(19-21)12-20(2)16(22)18-10-9-13-7-5-4-6-8-13/h4-8,11H,3,9-10,12H2,1-2H3,(H,18,22). The highest BCUT2D eigenvalue weighted by molar-refractivity contribution is 9.10. The summed E-state index contributed by atoms with van der Waals surface area (Å²) < 4.78 is 2.94. The molecule has 118 valence electrons. The van der Waals surface area contributed by atoms with Crippen LogP contribution in [0.5, 0.6) is 0 Å². The molecule has 1 aromatic carbocycles. The van der Waals surface area contributed by atoms with Crippen molar-refractivity contribution in [3.63, 3.8) is 0 Å². The molecule has 6 heteroatoms. The minimum atomic E-state index is 0.685. The molecule has 0 radical (unpaired) electrons. The second kappa shape index (κ2) is 8.29. The molecule has 0 aliphatic carbocycles. The lowest BCUT2D eigenvalue weighted by Crippen LogP contribution is -2.37. The highest BCUT2D eigenvalue weighted by Gasteiger charge is 2.11. The molecule has 0 unspecified atom stereocenters. The number of benzene rings is 1. The second-order valence-corrected chi connectivity index (χ2v) is 6.34. The fourth-order valence-corrected chi connectivity index (χ4v) is 2.70. The molecule has 2 rings (SSSR count). The van der Waals surface area contributed by atoms with Crippen molar-refractivity contribution in [2.24, 2.45) is 0 Å². The van der Waals surface area contributed by atoms with E-state index in [0.717, 1.165) is 34.8 Å². The molecule has 0 saturated heterocycles. The van der Waals surface area contributed by atoms with Crippen molar-refractivity contribution in [2.75, 3.05) is 13.6 Å². The zero-order valence-corrected chi connectivity index (χ0v) is 15.3. The Morgan fingerprint density at radius 1 is 1.36 bits per heavy atom. The van der Waals surface area contributed by atoms with Gasteiger partial charge in [0.1, 0.15) is 0 Å². The molecule has 0 aliphatic heterocycles. The molecule has 0 amide bonds. The van der Waals surface area contributed by atoms with Gasteiger partial charge >= 0.3 is 0 Å². The molecule has 1 heterocycles. The van der Waals surface area contributed by atoms with Crippen LogP contribution in [0.2, 0.25) is 0 Å². The van der Waals surface area contributed by atoms with Crippen molar-refractivity contribution in [3.8, 4) is 0 Å². The summed E-state index contributed by atoms with van der Waals surface area (Å²) in [5, 5.41) is 8.56. The van der Waals surface area contributed by atoms with E-state index in [2.05, 4.69) is 57.5 Å². The largest absolute Gasteiger partial charge is 0.362 e. The lowest BCUT2D eigenvalue weighted by Gasteiger charge is -2.20. The number of hydrogen-bond acceptors (Lipinski definition) is 2. The number of thiocarbonyl (C=S) groups is 1. The first-order chi connectivity index (χ1) is 10.6. The molecule has 0 fully saturated rings. The van der Waals surface area contributed by atoms with Crippen molar-refractivity contribution >= 4 is 33.3 Å². The number of aryl methyl sites for hydroxylation is 1. The molecular weight excluding hydrogens is 360 g/mol. The van der Waals surface area contributed by atoms with Gasteiger partial charge in [-0.25, -0.2) is 0 Å². The quantitative estimate of drug-likeness (QED) is 0.779. The summed E-state index contributed by atoms with van der Waals surface area (Å²) in [5.41, 5.74) is 2.31. The smallest absolute Gasteiger partial charge is 0.169 e. The Labute approximate surface area is 145 Å². The van der Waals surface area contributed by atoms with Crippen LogP contribution in [0.3, 0.4) is 0 Å². The van der Waals surface area contributed by atoms with Gasteiger partial charge in [0.05, 0.1) is 16.7 Å². The van der Waals surface area contributed by atoms with Gasteiger partial charge in [-0.3, -0.25) is 4.68 Å². The molecule has 0 atom stereocenters. The number of rotatable bonds is 6. The van der Waals surface area contributed by atoms with Gasteiger partial charge in [0.15, 0.2) is 5.11 Å². The van der Waals surface area contributed by atoms with Gasteiger partial charge in [-0.05, 0) is 47.1 Å². The Balaban J connectivity index is 1.80. The predicted molar refractivity (Wildman–Crippen MR) is 97.8 cm³/mol. The average molecular weight is 381 g/mol. The van der Waals surface area contributed by atoms with Gasteiger partial charge < -0.3 is 10.2 Å². The lowest BCUT2D eigenvalue weighted by atomic mass is 10.1. The topological polar surface area (TPSA) is 33.1 Å². The maximum absolute atomic E-state index is 5.43. The maximum Gasteiger partial charge on any atom is 0.169 e. The fourth-order valence-electron chi connectivity index (χ4n) is 2.10. The lowest BCUT2D eigenvalue weighted by molar-refractivity contribution is 0.474. The Hall–Kier alpha value is -1.40. The van der Waals surface area contributed by atoms with Crippen LogP contribution in [-0.4, -0.2) is 33.4 Å². The number of aromatic nitrogens is 2.